The monoisotopic (exact) mass is 534 g/mol. The summed E-state index contributed by atoms with van der Waals surface area (Å²) in [5.74, 6) is -3.25. The van der Waals surface area contributed by atoms with Crippen molar-refractivity contribution in [3.63, 3.8) is 0 Å². The molecule has 0 bridgehead atoms. The maximum Gasteiger partial charge on any atom is 0.344 e. The lowest BCUT2D eigenvalue weighted by atomic mass is 10.2. The summed E-state index contributed by atoms with van der Waals surface area (Å²) in [6, 6.07) is 8.77. The second-order valence-corrected chi connectivity index (χ2v) is 7.55. The number of rotatable bonds is 14. The van der Waals surface area contributed by atoms with Gasteiger partial charge in [-0.15, -0.1) is 10.1 Å². The molecule has 14 nitrogen and oxygen atoms in total. The maximum atomic E-state index is 12.5. The van der Waals surface area contributed by atoms with Gasteiger partial charge in [0, 0.05) is 6.92 Å². The van der Waals surface area contributed by atoms with Gasteiger partial charge in [-0.05, 0) is 50.1 Å². The number of nitrogens with zero attached hydrogens (tertiary/aromatic N) is 1. The zero-order chi connectivity index (χ0) is 28.1. The molecule has 0 heterocycles. The van der Waals surface area contributed by atoms with Crippen molar-refractivity contribution in [2.75, 3.05) is 20.0 Å². The van der Waals surface area contributed by atoms with Gasteiger partial charge >= 0.3 is 23.9 Å². The first-order chi connectivity index (χ1) is 18.1. The van der Waals surface area contributed by atoms with Gasteiger partial charge in [0.25, 0.3) is 5.09 Å². The first kappa shape index (κ1) is 29.5. The summed E-state index contributed by atoms with van der Waals surface area (Å²) >= 11 is 0. The molecular weight excluding hydrogens is 508 g/mol. The molecule has 2 aromatic rings. The van der Waals surface area contributed by atoms with Gasteiger partial charge in [-0.25, -0.2) is 14.4 Å². The molecule has 204 valence electrons. The van der Waals surface area contributed by atoms with Crippen molar-refractivity contribution in [2.24, 2.45) is 5.73 Å². The third-order valence-corrected chi connectivity index (χ3v) is 4.50. The molecule has 14 heteroatoms. The summed E-state index contributed by atoms with van der Waals surface area (Å²) in [6.07, 6.45) is 0.731. The predicted molar refractivity (Wildman–Crippen MR) is 127 cm³/mol. The Hall–Kier alpha value is -4.72. The van der Waals surface area contributed by atoms with Crippen LogP contribution in [-0.4, -0.2) is 55.0 Å². The van der Waals surface area contributed by atoms with E-state index in [2.05, 4.69) is 4.84 Å². The predicted octanol–water partition coefficient (Wildman–Crippen LogP) is 2.20. The fraction of sp³-hybridized carbons (Fsp3) is 0.333. The normalized spacial score (nSPS) is 11.0. The molecule has 0 spiro atoms. The molecule has 38 heavy (non-hydrogen) atoms. The van der Waals surface area contributed by atoms with Crippen LogP contribution >= 0.6 is 0 Å². The number of hydrogen-bond donors (Lipinski definition) is 1. The van der Waals surface area contributed by atoms with Gasteiger partial charge in [0.1, 0.15) is 17.4 Å². The second-order valence-electron chi connectivity index (χ2n) is 7.55. The molecule has 1 unspecified atom stereocenters. The van der Waals surface area contributed by atoms with Gasteiger partial charge in [-0.2, -0.15) is 0 Å². The molecule has 0 aromatic heterocycles. The lowest BCUT2D eigenvalue weighted by Gasteiger charge is -2.14. The van der Waals surface area contributed by atoms with Crippen molar-refractivity contribution in [1.29, 1.82) is 0 Å². The van der Waals surface area contributed by atoms with Gasteiger partial charge < -0.3 is 34.3 Å². The Morgan fingerprint density at radius 1 is 0.921 bits per heavy atom. The summed E-state index contributed by atoms with van der Waals surface area (Å²) in [6.45, 7) is 1.83. The molecule has 1 atom stereocenters. The van der Waals surface area contributed by atoms with Crippen molar-refractivity contribution < 1.29 is 52.8 Å². The molecule has 2 aromatic carbocycles. The van der Waals surface area contributed by atoms with Crippen molar-refractivity contribution in [1.82, 2.24) is 0 Å². The molecule has 0 radical (unpaired) electrons. The minimum Gasteiger partial charge on any atom is -0.490 e. The van der Waals surface area contributed by atoms with E-state index >= 15 is 0 Å². The molecular formula is C24H26N2O12. The van der Waals surface area contributed by atoms with E-state index < -0.39 is 41.8 Å². The van der Waals surface area contributed by atoms with E-state index in [0.29, 0.717) is 12.8 Å². The highest BCUT2D eigenvalue weighted by Crippen LogP contribution is 2.29. The smallest absolute Gasteiger partial charge is 0.344 e. The zero-order valence-corrected chi connectivity index (χ0v) is 20.6. The average Bonchev–Trinajstić information content (AvgIpc) is 2.86. The van der Waals surface area contributed by atoms with Gasteiger partial charge in [0.2, 0.25) is 6.79 Å². The molecule has 0 aliphatic heterocycles. The van der Waals surface area contributed by atoms with Crippen LogP contribution in [0.3, 0.4) is 0 Å². The lowest BCUT2D eigenvalue weighted by Crippen LogP contribution is -2.31. The van der Waals surface area contributed by atoms with Crippen LogP contribution in [0, 0.1) is 10.1 Å². The Morgan fingerprint density at radius 2 is 1.61 bits per heavy atom. The van der Waals surface area contributed by atoms with Crippen molar-refractivity contribution >= 4 is 23.9 Å². The van der Waals surface area contributed by atoms with E-state index in [1.54, 1.807) is 6.07 Å². The average molecular weight is 534 g/mol. The standard InChI is InChI=1S/C24H26N2O12/c1-15(25)22(28)38-21-13-17(9-10-20(21)33-11-5-6-12-36-26(31)32)23(29)34-14-35-24(30)18-7-3-4-8-19(18)37-16(2)27/h3-4,7-10,13,15H,5-6,11-12,14,25H2,1-2H3. The Morgan fingerprint density at radius 3 is 2.29 bits per heavy atom. The quantitative estimate of drug-likeness (QED) is 0.0926. The van der Waals surface area contributed by atoms with E-state index in [4.69, 9.17) is 29.4 Å². The Bertz CT molecular complexity index is 1160. The number of unbranched alkanes of at least 4 members (excludes halogenated alkanes) is 1. The van der Waals surface area contributed by atoms with E-state index in [0.717, 1.165) is 0 Å². The summed E-state index contributed by atoms with van der Waals surface area (Å²) in [5.41, 5.74) is 5.44. The molecule has 0 saturated carbocycles. The maximum absolute atomic E-state index is 12.5. The van der Waals surface area contributed by atoms with Crippen molar-refractivity contribution in [2.45, 2.75) is 32.7 Å². The summed E-state index contributed by atoms with van der Waals surface area (Å²) < 4.78 is 25.6. The largest absolute Gasteiger partial charge is 0.490 e. The lowest BCUT2D eigenvalue weighted by molar-refractivity contribution is -0.757. The van der Waals surface area contributed by atoms with Crippen molar-refractivity contribution in [3.8, 4) is 17.2 Å². The highest BCUT2D eigenvalue weighted by atomic mass is 16.9. The van der Waals surface area contributed by atoms with E-state index in [-0.39, 0.29) is 41.6 Å². The number of carbonyl (C=O) groups is 4. The van der Waals surface area contributed by atoms with Crippen LogP contribution in [0.5, 0.6) is 17.2 Å². The van der Waals surface area contributed by atoms with Gasteiger partial charge in [0.05, 0.1) is 18.8 Å². The molecule has 0 aliphatic rings. The number of ether oxygens (including phenoxy) is 5. The van der Waals surface area contributed by atoms with E-state index in [1.165, 1.54) is 50.2 Å². The first-order valence-corrected chi connectivity index (χ1v) is 11.2. The van der Waals surface area contributed by atoms with Crippen LogP contribution in [-0.2, 0) is 23.9 Å². The molecule has 0 aliphatic carbocycles. The Kier molecular flexibility index (Phi) is 11.5. The minimum absolute atomic E-state index is 0.0159. The molecule has 2 N–H and O–H groups in total. The molecule has 0 saturated heterocycles. The van der Waals surface area contributed by atoms with Crippen molar-refractivity contribution in [3.05, 3.63) is 63.7 Å². The van der Waals surface area contributed by atoms with Crippen LogP contribution in [0.25, 0.3) is 0 Å². The number of hydrogen-bond acceptors (Lipinski definition) is 13. The third-order valence-electron chi connectivity index (χ3n) is 4.50. The number of esters is 4. The molecule has 2 rings (SSSR count). The van der Waals surface area contributed by atoms with Gasteiger partial charge in [-0.3, -0.25) is 4.79 Å². The summed E-state index contributed by atoms with van der Waals surface area (Å²) in [7, 11) is 0. The van der Waals surface area contributed by atoms with Crippen LogP contribution < -0.4 is 19.9 Å². The van der Waals surface area contributed by atoms with E-state index in [1.807, 2.05) is 0 Å². The fourth-order valence-electron chi connectivity index (χ4n) is 2.74. The summed E-state index contributed by atoms with van der Waals surface area (Å²) in [4.78, 5) is 62.4. The van der Waals surface area contributed by atoms with Crippen LogP contribution in [0.4, 0.5) is 0 Å². The number of nitrogens with two attached hydrogens (primary N) is 1. The fourth-order valence-corrected chi connectivity index (χ4v) is 2.74. The molecule has 0 amide bonds. The van der Waals surface area contributed by atoms with E-state index in [9.17, 15) is 29.3 Å². The Labute approximate surface area is 216 Å². The third kappa shape index (κ3) is 9.73. The molecule has 0 fully saturated rings. The highest BCUT2D eigenvalue weighted by Gasteiger charge is 2.19. The van der Waals surface area contributed by atoms with Gasteiger partial charge in [-0.1, -0.05) is 12.1 Å². The SMILES string of the molecule is CC(=O)Oc1ccccc1C(=O)OCOC(=O)c1ccc(OCCCCO[N+](=O)[O-])c(OC(=O)C(C)N)c1. The summed E-state index contributed by atoms with van der Waals surface area (Å²) in [5, 5.41) is 9.27. The number of para-hydroxylation sites is 1. The van der Waals surface area contributed by atoms with Crippen LogP contribution in [0.15, 0.2) is 42.5 Å². The topological polar surface area (TPSA) is 193 Å². The Balaban J connectivity index is 2.01. The van der Waals surface area contributed by atoms with Crippen LogP contribution in [0.2, 0.25) is 0 Å². The van der Waals surface area contributed by atoms with Gasteiger partial charge in [0.15, 0.2) is 11.5 Å². The van der Waals surface area contributed by atoms with Crippen LogP contribution in [0.1, 0.15) is 47.4 Å². The first-order valence-electron chi connectivity index (χ1n) is 11.2. The second kappa shape index (κ2) is 14.7. The zero-order valence-electron chi connectivity index (χ0n) is 20.6. The minimum atomic E-state index is -0.966. The highest BCUT2D eigenvalue weighted by molar-refractivity contribution is 5.94. The number of benzene rings is 2. The number of carbonyl (C=O) groups excluding carboxylic acids is 4.